The molecule has 0 aromatic heterocycles. The normalized spacial score (nSPS) is 20.4. The fourth-order valence-electron chi connectivity index (χ4n) is 2.83. The van der Waals surface area contributed by atoms with E-state index in [4.69, 9.17) is 5.11 Å². The van der Waals surface area contributed by atoms with Gasteiger partial charge in [-0.15, -0.1) is 0 Å². The van der Waals surface area contributed by atoms with E-state index in [0.717, 1.165) is 4.90 Å². The maximum absolute atomic E-state index is 12.9. The first-order chi connectivity index (χ1) is 11.6. The van der Waals surface area contributed by atoms with Crippen LogP contribution in [-0.4, -0.2) is 71.7 Å². The number of amides is 3. The van der Waals surface area contributed by atoms with Gasteiger partial charge in [-0.25, -0.2) is 4.79 Å². The molecule has 0 radical (unpaired) electrons. The van der Waals surface area contributed by atoms with E-state index in [-0.39, 0.29) is 18.9 Å². The average Bonchev–Trinajstić information content (AvgIpc) is 2.98. The molecule has 1 saturated heterocycles. The topological polar surface area (TPSA) is 90.0 Å². The third-order valence-electron chi connectivity index (χ3n) is 4.30. The SMILES string of the molecule is CCN(CC)C(=O)CCCNC(=O)N1C[C@@H](C(F)(F)F)[C@H](C(=O)O)C1. The summed E-state index contributed by atoms with van der Waals surface area (Å²) in [5, 5.41) is 11.4. The van der Waals surface area contributed by atoms with E-state index in [0.29, 0.717) is 19.5 Å². The molecule has 0 aromatic rings. The highest BCUT2D eigenvalue weighted by Crippen LogP contribution is 2.37. The number of hydrogen-bond acceptors (Lipinski definition) is 3. The van der Waals surface area contributed by atoms with Crippen LogP contribution in [0.1, 0.15) is 26.7 Å². The van der Waals surface area contributed by atoms with Crippen molar-refractivity contribution in [3.63, 3.8) is 0 Å². The average molecular weight is 367 g/mol. The van der Waals surface area contributed by atoms with Crippen molar-refractivity contribution in [2.45, 2.75) is 32.9 Å². The third kappa shape index (κ3) is 5.79. The molecule has 1 aliphatic rings. The van der Waals surface area contributed by atoms with Gasteiger partial charge in [-0.1, -0.05) is 0 Å². The van der Waals surface area contributed by atoms with E-state index < -0.39 is 43.1 Å². The first kappa shape index (κ1) is 21.0. The van der Waals surface area contributed by atoms with Gasteiger partial charge in [-0.05, 0) is 20.3 Å². The summed E-state index contributed by atoms with van der Waals surface area (Å²) in [5.74, 6) is -5.35. The van der Waals surface area contributed by atoms with Crippen LogP contribution in [0.3, 0.4) is 0 Å². The van der Waals surface area contributed by atoms with Crippen LogP contribution < -0.4 is 5.32 Å². The summed E-state index contributed by atoms with van der Waals surface area (Å²) in [4.78, 5) is 37.2. The molecule has 2 N–H and O–H groups in total. The van der Waals surface area contributed by atoms with Gasteiger partial charge >= 0.3 is 18.2 Å². The Morgan fingerprint density at radius 1 is 1.20 bits per heavy atom. The summed E-state index contributed by atoms with van der Waals surface area (Å²) in [6.07, 6.45) is -4.08. The molecular weight excluding hydrogens is 343 g/mol. The smallest absolute Gasteiger partial charge is 0.394 e. The highest BCUT2D eigenvalue weighted by atomic mass is 19.4. The lowest BCUT2D eigenvalue weighted by Crippen LogP contribution is -2.40. The van der Waals surface area contributed by atoms with Crippen LogP contribution in [0.25, 0.3) is 0 Å². The molecule has 1 fully saturated rings. The summed E-state index contributed by atoms with van der Waals surface area (Å²) in [7, 11) is 0. The summed E-state index contributed by atoms with van der Waals surface area (Å²) >= 11 is 0. The Morgan fingerprint density at radius 2 is 1.80 bits per heavy atom. The van der Waals surface area contributed by atoms with E-state index in [9.17, 15) is 27.6 Å². The predicted molar refractivity (Wildman–Crippen MR) is 82.8 cm³/mol. The summed E-state index contributed by atoms with van der Waals surface area (Å²) in [6, 6.07) is -0.742. The molecule has 1 heterocycles. The molecule has 7 nitrogen and oxygen atoms in total. The second-order valence-corrected chi connectivity index (χ2v) is 5.90. The number of carbonyl (C=O) groups is 3. The fourth-order valence-corrected chi connectivity index (χ4v) is 2.83. The number of hydrogen-bond donors (Lipinski definition) is 2. The molecule has 0 saturated carbocycles. The van der Waals surface area contributed by atoms with Crippen molar-refractivity contribution in [3.8, 4) is 0 Å². The summed E-state index contributed by atoms with van der Waals surface area (Å²) in [5.41, 5.74) is 0. The standard InChI is InChI=1S/C15H24F3N3O4/c1-3-20(4-2)12(22)6-5-7-19-14(25)21-8-10(13(23)24)11(9-21)15(16,17)18/h10-11H,3-9H2,1-2H3,(H,19,25)(H,23,24)/t10-,11-/m1/s1. The monoisotopic (exact) mass is 367 g/mol. The Balaban J connectivity index is 2.46. The first-order valence-electron chi connectivity index (χ1n) is 8.21. The maximum Gasteiger partial charge on any atom is 0.394 e. The highest BCUT2D eigenvalue weighted by Gasteiger charge is 2.53. The van der Waals surface area contributed by atoms with Gasteiger partial charge in [0.15, 0.2) is 0 Å². The molecule has 1 rings (SSSR count). The number of carboxylic acids is 1. The molecule has 10 heteroatoms. The largest absolute Gasteiger partial charge is 0.481 e. The Hall–Kier alpha value is -2.00. The lowest BCUT2D eigenvalue weighted by Gasteiger charge is -2.20. The lowest BCUT2D eigenvalue weighted by molar-refractivity contribution is -0.187. The van der Waals surface area contributed by atoms with Crippen LogP contribution in [0.5, 0.6) is 0 Å². The van der Waals surface area contributed by atoms with Crippen LogP contribution in [0.4, 0.5) is 18.0 Å². The Morgan fingerprint density at radius 3 is 2.24 bits per heavy atom. The van der Waals surface area contributed by atoms with Crippen molar-refractivity contribution < 1.29 is 32.7 Å². The number of halogens is 3. The number of carboxylic acid groups (broad SMARTS) is 1. The predicted octanol–water partition coefficient (Wildman–Crippen LogP) is 1.54. The molecule has 0 unspecified atom stereocenters. The van der Waals surface area contributed by atoms with E-state index in [1.54, 1.807) is 4.90 Å². The minimum absolute atomic E-state index is 0.0523. The molecule has 144 valence electrons. The molecule has 3 amide bonds. The van der Waals surface area contributed by atoms with E-state index in [1.807, 2.05) is 13.8 Å². The molecule has 0 aliphatic carbocycles. The van der Waals surface area contributed by atoms with Gasteiger partial charge in [0, 0.05) is 39.1 Å². The third-order valence-corrected chi connectivity index (χ3v) is 4.30. The number of rotatable bonds is 7. The van der Waals surface area contributed by atoms with Gasteiger partial charge < -0.3 is 20.2 Å². The maximum atomic E-state index is 12.9. The van der Waals surface area contributed by atoms with Gasteiger partial charge in [0.2, 0.25) is 5.91 Å². The van der Waals surface area contributed by atoms with Gasteiger partial charge in [-0.2, -0.15) is 13.2 Å². The van der Waals surface area contributed by atoms with Gasteiger partial charge in [0.25, 0.3) is 0 Å². The lowest BCUT2D eigenvalue weighted by atomic mass is 9.96. The molecule has 0 spiro atoms. The van der Waals surface area contributed by atoms with Gasteiger partial charge in [0.1, 0.15) is 0 Å². The van der Waals surface area contributed by atoms with Crippen LogP contribution >= 0.6 is 0 Å². The van der Waals surface area contributed by atoms with E-state index >= 15 is 0 Å². The highest BCUT2D eigenvalue weighted by molar-refractivity contribution is 5.78. The van der Waals surface area contributed by atoms with Gasteiger partial charge in [-0.3, -0.25) is 9.59 Å². The minimum Gasteiger partial charge on any atom is -0.481 e. The van der Waals surface area contributed by atoms with Crippen LogP contribution in [0.15, 0.2) is 0 Å². The zero-order valence-electron chi connectivity index (χ0n) is 14.3. The molecule has 0 aromatic carbocycles. The first-order valence-corrected chi connectivity index (χ1v) is 8.21. The van der Waals surface area contributed by atoms with Gasteiger partial charge in [0.05, 0.1) is 11.8 Å². The zero-order chi connectivity index (χ0) is 19.2. The second-order valence-electron chi connectivity index (χ2n) is 5.90. The molecular formula is C15H24F3N3O4. The number of carbonyl (C=O) groups excluding carboxylic acids is 2. The molecule has 25 heavy (non-hydrogen) atoms. The van der Waals surface area contributed by atoms with E-state index in [2.05, 4.69) is 5.32 Å². The molecule has 2 atom stereocenters. The second kappa shape index (κ2) is 8.91. The molecule has 1 aliphatic heterocycles. The van der Waals surface area contributed by atoms with Crippen LogP contribution in [0, 0.1) is 11.8 Å². The molecule has 0 bridgehead atoms. The quantitative estimate of drug-likeness (QED) is 0.668. The Labute approximate surface area is 144 Å². The summed E-state index contributed by atoms with van der Waals surface area (Å²) in [6.45, 7) is 3.86. The summed E-state index contributed by atoms with van der Waals surface area (Å²) < 4.78 is 38.6. The van der Waals surface area contributed by atoms with Crippen LogP contribution in [-0.2, 0) is 9.59 Å². The number of nitrogens with zero attached hydrogens (tertiary/aromatic N) is 2. The minimum atomic E-state index is -4.67. The van der Waals surface area contributed by atoms with Crippen molar-refractivity contribution in [2.24, 2.45) is 11.8 Å². The number of aliphatic carboxylic acids is 1. The Bertz CT molecular complexity index is 495. The number of nitrogens with one attached hydrogen (secondary N) is 1. The number of alkyl halides is 3. The van der Waals surface area contributed by atoms with Crippen molar-refractivity contribution in [1.82, 2.24) is 15.1 Å². The fraction of sp³-hybridized carbons (Fsp3) is 0.800. The zero-order valence-corrected chi connectivity index (χ0v) is 14.3. The van der Waals surface area contributed by atoms with Crippen molar-refractivity contribution in [3.05, 3.63) is 0 Å². The van der Waals surface area contributed by atoms with Crippen molar-refractivity contribution in [2.75, 3.05) is 32.7 Å². The number of likely N-dealkylation sites (tertiary alicyclic amines) is 1. The van der Waals surface area contributed by atoms with E-state index in [1.165, 1.54) is 0 Å². The Kier molecular flexibility index (Phi) is 7.50. The number of urea groups is 1. The van der Waals surface area contributed by atoms with Crippen LogP contribution in [0.2, 0.25) is 0 Å². The van der Waals surface area contributed by atoms with Crippen molar-refractivity contribution in [1.29, 1.82) is 0 Å². The van der Waals surface area contributed by atoms with Crippen molar-refractivity contribution >= 4 is 17.9 Å².